The van der Waals surface area contributed by atoms with Crippen LogP contribution in [0.3, 0.4) is 0 Å². The van der Waals surface area contributed by atoms with Crippen molar-refractivity contribution in [3.05, 3.63) is 72.3 Å². The quantitative estimate of drug-likeness (QED) is 0.744. The van der Waals surface area contributed by atoms with E-state index in [0.29, 0.717) is 5.92 Å². The lowest BCUT2D eigenvalue weighted by Gasteiger charge is -2.11. The van der Waals surface area contributed by atoms with Crippen LogP contribution < -0.4 is 4.74 Å². The minimum absolute atomic E-state index is 0.529. The summed E-state index contributed by atoms with van der Waals surface area (Å²) in [7, 11) is 0. The molecule has 2 aromatic rings. The Hall–Kier alpha value is -2.02. The molecule has 0 heterocycles. The van der Waals surface area contributed by atoms with Crippen LogP contribution in [-0.4, -0.2) is 6.61 Å². The maximum Gasteiger partial charge on any atom is 0.119 e. The summed E-state index contributed by atoms with van der Waals surface area (Å²) in [4.78, 5) is 0. The van der Waals surface area contributed by atoms with E-state index in [9.17, 15) is 0 Å². The largest absolute Gasteiger partial charge is 0.493 e. The first-order chi connectivity index (χ1) is 9.16. The molecule has 0 fully saturated rings. The molecule has 0 bridgehead atoms. The summed E-state index contributed by atoms with van der Waals surface area (Å²) in [6.07, 6.45) is 0. The molecule has 0 saturated carbocycles. The Morgan fingerprint density at radius 1 is 1.00 bits per heavy atom. The molecule has 0 radical (unpaired) electrons. The maximum atomic E-state index is 5.75. The van der Waals surface area contributed by atoms with Crippen molar-refractivity contribution in [1.82, 2.24) is 0 Å². The molecule has 0 N–H and O–H groups in total. The highest BCUT2D eigenvalue weighted by Crippen LogP contribution is 2.24. The summed E-state index contributed by atoms with van der Waals surface area (Å²) < 4.78 is 5.75. The molecule has 98 valence electrons. The molecule has 2 rings (SSSR count). The lowest BCUT2D eigenvalue weighted by Crippen LogP contribution is -2.04. The van der Waals surface area contributed by atoms with Crippen LogP contribution in [0, 0.1) is 5.92 Å². The van der Waals surface area contributed by atoms with Gasteiger partial charge in [-0.05, 0) is 34.8 Å². The predicted molar refractivity (Wildman–Crippen MR) is 81.4 cm³/mol. The van der Waals surface area contributed by atoms with E-state index in [1.807, 2.05) is 30.3 Å². The van der Waals surface area contributed by atoms with Crippen LogP contribution in [0.4, 0.5) is 0 Å². The normalized spacial score (nSPS) is 10.5. The fourth-order valence-electron chi connectivity index (χ4n) is 1.84. The zero-order chi connectivity index (χ0) is 13.7. The van der Waals surface area contributed by atoms with Crippen LogP contribution in [-0.2, 0) is 0 Å². The Bertz CT molecular complexity index is 541. The Kier molecular flexibility index (Phi) is 4.40. The highest BCUT2D eigenvalue weighted by atomic mass is 16.5. The number of rotatable bonds is 5. The van der Waals surface area contributed by atoms with Crippen molar-refractivity contribution in [1.29, 1.82) is 0 Å². The Labute approximate surface area is 115 Å². The summed E-state index contributed by atoms with van der Waals surface area (Å²) >= 11 is 0. The summed E-state index contributed by atoms with van der Waals surface area (Å²) in [5.74, 6) is 1.43. The van der Waals surface area contributed by atoms with E-state index in [4.69, 9.17) is 4.74 Å². The minimum Gasteiger partial charge on any atom is -0.493 e. The molecular weight excluding hydrogens is 232 g/mol. The monoisotopic (exact) mass is 252 g/mol. The molecule has 0 atom stereocenters. The standard InChI is InChI=1S/C18H20O/c1-14(2)13-19-18-11-7-10-17(12-18)15(3)16-8-5-4-6-9-16/h4-12,14H,3,13H2,1-2H3. The molecule has 1 heteroatoms. The third-order valence-electron chi connectivity index (χ3n) is 2.89. The van der Waals surface area contributed by atoms with Crippen LogP contribution in [0.1, 0.15) is 25.0 Å². The summed E-state index contributed by atoms with van der Waals surface area (Å²) in [5.41, 5.74) is 3.27. The van der Waals surface area contributed by atoms with Gasteiger partial charge in [0.2, 0.25) is 0 Å². The van der Waals surface area contributed by atoms with Crippen LogP contribution >= 0.6 is 0 Å². The molecule has 0 aliphatic carbocycles. The van der Waals surface area contributed by atoms with Crippen LogP contribution in [0.15, 0.2) is 61.2 Å². The zero-order valence-electron chi connectivity index (χ0n) is 11.6. The van der Waals surface area contributed by atoms with E-state index in [1.165, 1.54) is 0 Å². The molecule has 0 aromatic heterocycles. The van der Waals surface area contributed by atoms with Crippen molar-refractivity contribution < 1.29 is 4.74 Å². The van der Waals surface area contributed by atoms with Gasteiger partial charge in [0.05, 0.1) is 6.61 Å². The van der Waals surface area contributed by atoms with Gasteiger partial charge >= 0.3 is 0 Å². The average molecular weight is 252 g/mol. The van der Waals surface area contributed by atoms with Gasteiger partial charge in [-0.3, -0.25) is 0 Å². The molecule has 2 aromatic carbocycles. The molecule has 0 amide bonds. The molecule has 0 aliphatic heterocycles. The molecule has 0 saturated heterocycles. The van der Waals surface area contributed by atoms with E-state index in [1.54, 1.807) is 0 Å². The van der Waals surface area contributed by atoms with Crippen molar-refractivity contribution in [2.24, 2.45) is 5.92 Å². The maximum absolute atomic E-state index is 5.75. The topological polar surface area (TPSA) is 9.23 Å². The fourth-order valence-corrected chi connectivity index (χ4v) is 1.84. The number of hydrogen-bond acceptors (Lipinski definition) is 1. The molecule has 0 unspecified atom stereocenters. The van der Waals surface area contributed by atoms with Crippen LogP contribution in [0.5, 0.6) is 5.75 Å². The van der Waals surface area contributed by atoms with Crippen molar-refractivity contribution in [3.8, 4) is 5.75 Å². The Morgan fingerprint density at radius 2 is 1.68 bits per heavy atom. The van der Waals surface area contributed by atoms with Gasteiger partial charge in [-0.1, -0.05) is 62.9 Å². The fraction of sp³-hybridized carbons (Fsp3) is 0.222. The van der Waals surface area contributed by atoms with Gasteiger partial charge in [-0.15, -0.1) is 0 Å². The number of benzene rings is 2. The second-order valence-corrected chi connectivity index (χ2v) is 5.08. The Morgan fingerprint density at radius 3 is 2.37 bits per heavy atom. The molecule has 19 heavy (non-hydrogen) atoms. The number of ether oxygens (including phenoxy) is 1. The smallest absolute Gasteiger partial charge is 0.119 e. The Balaban J connectivity index is 2.17. The van der Waals surface area contributed by atoms with E-state index >= 15 is 0 Å². The van der Waals surface area contributed by atoms with Crippen LogP contribution in [0.2, 0.25) is 0 Å². The third kappa shape index (κ3) is 3.72. The van der Waals surface area contributed by atoms with Crippen molar-refractivity contribution in [3.63, 3.8) is 0 Å². The first kappa shape index (κ1) is 13.4. The zero-order valence-corrected chi connectivity index (χ0v) is 11.6. The van der Waals surface area contributed by atoms with Gasteiger partial charge in [0.15, 0.2) is 0 Å². The highest BCUT2D eigenvalue weighted by Gasteiger charge is 2.04. The highest BCUT2D eigenvalue weighted by molar-refractivity contribution is 5.78. The second-order valence-electron chi connectivity index (χ2n) is 5.08. The van der Waals surface area contributed by atoms with E-state index in [2.05, 4.69) is 44.7 Å². The minimum atomic E-state index is 0.529. The first-order valence-electron chi connectivity index (χ1n) is 6.64. The van der Waals surface area contributed by atoms with Gasteiger partial charge in [-0.2, -0.15) is 0 Å². The van der Waals surface area contributed by atoms with Crippen molar-refractivity contribution in [2.45, 2.75) is 13.8 Å². The average Bonchev–Trinajstić information content (AvgIpc) is 2.45. The molecular formula is C18H20O. The second kappa shape index (κ2) is 6.24. The summed E-state index contributed by atoms with van der Waals surface area (Å²) in [6, 6.07) is 18.3. The SMILES string of the molecule is C=C(c1ccccc1)c1cccc(OCC(C)C)c1. The van der Waals surface area contributed by atoms with Gasteiger partial charge in [0, 0.05) is 0 Å². The lowest BCUT2D eigenvalue weighted by atomic mass is 10.00. The summed E-state index contributed by atoms with van der Waals surface area (Å²) in [6.45, 7) is 9.20. The van der Waals surface area contributed by atoms with Crippen molar-refractivity contribution >= 4 is 5.57 Å². The van der Waals surface area contributed by atoms with Crippen LogP contribution in [0.25, 0.3) is 5.57 Å². The third-order valence-corrected chi connectivity index (χ3v) is 2.89. The van der Waals surface area contributed by atoms with E-state index in [-0.39, 0.29) is 0 Å². The first-order valence-corrected chi connectivity index (χ1v) is 6.64. The summed E-state index contributed by atoms with van der Waals surface area (Å²) in [5, 5.41) is 0. The molecule has 0 spiro atoms. The molecule has 0 aliphatic rings. The van der Waals surface area contributed by atoms with Gasteiger partial charge in [-0.25, -0.2) is 0 Å². The van der Waals surface area contributed by atoms with E-state index in [0.717, 1.165) is 29.1 Å². The lowest BCUT2D eigenvalue weighted by molar-refractivity contribution is 0.271. The number of hydrogen-bond donors (Lipinski definition) is 0. The predicted octanol–water partition coefficient (Wildman–Crippen LogP) is 4.78. The van der Waals surface area contributed by atoms with Gasteiger partial charge in [0.1, 0.15) is 5.75 Å². The van der Waals surface area contributed by atoms with Gasteiger partial charge in [0.25, 0.3) is 0 Å². The van der Waals surface area contributed by atoms with Crippen molar-refractivity contribution in [2.75, 3.05) is 6.61 Å². The molecule has 1 nitrogen and oxygen atoms in total. The van der Waals surface area contributed by atoms with Gasteiger partial charge < -0.3 is 4.74 Å². The van der Waals surface area contributed by atoms with E-state index < -0.39 is 0 Å².